The second-order valence-corrected chi connectivity index (χ2v) is 7.16. The molecule has 0 bridgehead atoms. The van der Waals surface area contributed by atoms with Crippen molar-refractivity contribution in [3.8, 4) is 6.07 Å². The highest BCUT2D eigenvalue weighted by atomic mass is 16.5. The van der Waals surface area contributed by atoms with Gasteiger partial charge in [0.25, 0.3) is 5.91 Å². The zero-order valence-corrected chi connectivity index (χ0v) is 16.0. The van der Waals surface area contributed by atoms with Gasteiger partial charge >= 0.3 is 5.97 Å². The van der Waals surface area contributed by atoms with Crippen molar-refractivity contribution in [2.45, 2.75) is 47.1 Å². The monoisotopic (exact) mass is 357 g/mol. The molecule has 0 N–H and O–H groups in total. The van der Waals surface area contributed by atoms with Crippen molar-refractivity contribution in [2.24, 2.45) is 5.92 Å². The average molecular weight is 357 g/mol. The summed E-state index contributed by atoms with van der Waals surface area (Å²) < 4.78 is 7.23. The van der Waals surface area contributed by atoms with E-state index < -0.39 is 5.97 Å². The Morgan fingerprint density at radius 1 is 1.31 bits per heavy atom. The molecule has 1 aromatic heterocycles. The van der Waals surface area contributed by atoms with E-state index in [9.17, 15) is 14.9 Å². The van der Waals surface area contributed by atoms with Crippen LogP contribution in [0.25, 0.3) is 6.08 Å². The molecule has 0 radical (unpaired) electrons. The molecule has 0 saturated carbocycles. The molecule has 0 unspecified atom stereocenters. The minimum Gasteiger partial charge on any atom is -0.451 e. The first-order valence-corrected chi connectivity index (χ1v) is 9.07. The topological polar surface area (TPSA) is 75.3 Å². The molecule has 1 aromatic rings. The molecule has 140 valence electrons. The van der Waals surface area contributed by atoms with Gasteiger partial charge in [-0.25, -0.2) is 4.79 Å². The van der Waals surface area contributed by atoms with Crippen molar-refractivity contribution in [1.29, 1.82) is 5.26 Å². The van der Waals surface area contributed by atoms with Crippen molar-refractivity contribution in [1.82, 2.24) is 9.47 Å². The highest BCUT2D eigenvalue weighted by molar-refractivity contribution is 5.99. The Hall–Kier alpha value is -2.55. The Bertz CT molecular complexity index is 747. The van der Waals surface area contributed by atoms with E-state index in [1.54, 1.807) is 11.0 Å². The van der Waals surface area contributed by atoms with Crippen LogP contribution in [0.5, 0.6) is 0 Å². The number of carbonyl (C=O) groups excluding carboxylic acids is 2. The molecule has 2 rings (SSSR count). The number of hydrogen-bond donors (Lipinski definition) is 0. The zero-order chi connectivity index (χ0) is 19.3. The molecule has 2 heterocycles. The van der Waals surface area contributed by atoms with Crippen molar-refractivity contribution in [2.75, 3.05) is 19.7 Å². The van der Waals surface area contributed by atoms with E-state index in [4.69, 9.17) is 4.74 Å². The maximum atomic E-state index is 12.2. The number of amides is 1. The summed E-state index contributed by atoms with van der Waals surface area (Å²) in [4.78, 5) is 25.8. The zero-order valence-electron chi connectivity index (χ0n) is 16.0. The van der Waals surface area contributed by atoms with Gasteiger partial charge in [-0.05, 0) is 50.3 Å². The Morgan fingerprint density at radius 2 is 1.96 bits per heavy atom. The first-order valence-electron chi connectivity index (χ1n) is 9.07. The van der Waals surface area contributed by atoms with Crippen LogP contribution >= 0.6 is 0 Å². The highest BCUT2D eigenvalue weighted by Crippen LogP contribution is 2.20. The molecule has 1 amide bonds. The second kappa shape index (κ2) is 8.70. The van der Waals surface area contributed by atoms with Crippen LogP contribution < -0.4 is 0 Å². The molecule has 0 aliphatic carbocycles. The fourth-order valence-corrected chi connectivity index (χ4v) is 3.18. The summed E-state index contributed by atoms with van der Waals surface area (Å²) in [5.74, 6) is -0.467. The first kappa shape index (κ1) is 19.8. The Balaban J connectivity index is 2.08. The van der Waals surface area contributed by atoms with Crippen molar-refractivity contribution in [3.63, 3.8) is 0 Å². The molecule has 0 atom stereocenters. The molecule has 1 fully saturated rings. The van der Waals surface area contributed by atoms with E-state index in [1.165, 1.54) is 0 Å². The summed E-state index contributed by atoms with van der Waals surface area (Å²) in [5, 5.41) is 9.33. The number of nitrogens with zero attached hydrogens (tertiary/aromatic N) is 3. The van der Waals surface area contributed by atoms with Gasteiger partial charge in [0, 0.05) is 31.0 Å². The number of hydrogen-bond acceptors (Lipinski definition) is 4. The maximum absolute atomic E-state index is 12.2. The summed E-state index contributed by atoms with van der Waals surface area (Å²) in [7, 11) is 0. The average Bonchev–Trinajstić information content (AvgIpc) is 3.21. The number of aryl methyl sites for hydroxylation is 1. The lowest BCUT2D eigenvalue weighted by atomic mass is 10.1. The highest BCUT2D eigenvalue weighted by Gasteiger charge is 2.21. The standard InChI is InChI=1S/C20H27N3O3/c1-14(2)12-23-15(3)9-17(16(23)4)10-18(11-21)20(25)26-13-19(24)22-7-5-6-8-22/h9-10,14H,5-8,12-13H2,1-4H3/b18-10+. The molecule has 6 nitrogen and oxygen atoms in total. The third-order valence-electron chi connectivity index (χ3n) is 4.59. The van der Waals surface area contributed by atoms with Gasteiger partial charge < -0.3 is 14.2 Å². The number of esters is 1. The molecule has 0 aromatic carbocycles. The minimum absolute atomic E-state index is 0.0935. The smallest absolute Gasteiger partial charge is 0.349 e. The van der Waals surface area contributed by atoms with E-state index in [1.807, 2.05) is 26.0 Å². The van der Waals surface area contributed by atoms with Crippen molar-refractivity contribution in [3.05, 3.63) is 28.6 Å². The van der Waals surface area contributed by atoms with Gasteiger partial charge in [0.15, 0.2) is 6.61 Å². The SMILES string of the molecule is Cc1cc(/C=C(\C#N)C(=O)OCC(=O)N2CCCC2)c(C)n1CC(C)C. The number of likely N-dealkylation sites (tertiary alicyclic amines) is 1. The van der Waals surface area contributed by atoms with E-state index in [2.05, 4.69) is 18.4 Å². The van der Waals surface area contributed by atoms with Crippen LogP contribution in [0.1, 0.15) is 43.6 Å². The molecule has 0 spiro atoms. The lowest BCUT2D eigenvalue weighted by Crippen LogP contribution is -2.32. The van der Waals surface area contributed by atoms with E-state index >= 15 is 0 Å². The summed E-state index contributed by atoms with van der Waals surface area (Å²) >= 11 is 0. The van der Waals surface area contributed by atoms with Crippen LogP contribution in [0.3, 0.4) is 0 Å². The lowest BCUT2D eigenvalue weighted by molar-refractivity contribution is -0.148. The Kier molecular flexibility index (Phi) is 6.62. The molecule has 6 heteroatoms. The van der Waals surface area contributed by atoms with E-state index in [-0.39, 0.29) is 18.1 Å². The van der Waals surface area contributed by atoms with Crippen LogP contribution in [-0.2, 0) is 20.9 Å². The number of aromatic nitrogens is 1. The quantitative estimate of drug-likeness (QED) is 0.446. The van der Waals surface area contributed by atoms with Gasteiger partial charge in [-0.3, -0.25) is 4.79 Å². The lowest BCUT2D eigenvalue weighted by Gasteiger charge is -2.14. The number of nitriles is 1. The number of ether oxygens (including phenoxy) is 1. The Labute approximate surface area is 155 Å². The second-order valence-electron chi connectivity index (χ2n) is 7.16. The third kappa shape index (κ3) is 4.75. The van der Waals surface area contributed by atoms with Crippen LogP contribution in [0.15, 0.2) is 11.6 Å². The van der Waals surface area contributed by atoms with Gasteiger partial charge in [0.2, 0.25) is 0 Å². The van der Waals surface area contributed by atoms with E-state index in [0.717, 1.165) is 36.3 Å². The van der Waals surface area contributed by atoms with Gasteiger partial charge in [0.05, 0.1) is 0 Å². The third-order valence-corrected chi connectivity index (χ3v) is 4.59. The largest absolute Gasteiger partial charge is 0.451 e. The normalized spacial score (nSPS) is 14.6. The summed E-state index contributed by atoms with van der Waals surface area (Å²) in [6.07, 6.45) is 3.51. The van der Waals surface area contributed by atoms with E-state index in [0.29, 0.717) is 19.0 Å². The predicted octanol–water partition coefficient (Wildman–Crippen LogP) is 2.83. The molecule has 26 heavy (non-hydrogen) atoms. The fourth-order valence-electron chi connectivity index (χ4n) is 3.18. The predicted molar refractivity (Wildman–Crippen MR) is 99.1 cm³/mol. The van der Waals surface area contributed by atoms with Gasteiger partial charge in [-0.15, -0.1) is 0 Å². The maximum Gasteiger partial charge on any atom is 0.349 e. The van der Waals surface area contributed by atoms with Crippen LogP contribution in [-0.4, -0.2) is 41.0 Å². The number of rotatable bonds is 6. The van der Waals surface area contributed by atoms with Gasteiger partial charge in [0.1, 0.15) is 11.6 Å². The van der Waals surface area contributed by atoms with Crippen molar-refractivity contribution < 1.29 is 14.3 Å². The fraction of sp³-hybridized carbons (Fsp3) is 0.550. The number of carbonyl (C=O) groups is 2. The van der Waals surface area contributed by atoms with Gasteiger partial charge in [-0.1, -0.05) is 13.8 Å². The molecular formula is C20H27N3O3. The molecule has 1 aliphatic heterocycles. The van der Waals surface area contributed by atoms with Crippen LogP contribution in [0.2, 0.25) is 0 Å². The summed E-state index contributed by atoms with van der Waals surface area (Å²) in [6.45, 7) is 10.2. The van der Waals surface area contributed by atoms with Crippen LogP contribution in [0.4, 0.5) is 0 Å². The molecule has 1 aliphatic rings. The van der Waals surface area contributed by atoms with Crippen LogP contribution in [0, 0.1) is 31.1 Å². The molecule has 1 saturated heterocycles. The minimum atomic E-state index is -0.756. The van der Waals surface area contributed by atoms with Crippen molar-refractivity contribution >= 4 is 18.0 Å². The van der Waals surface area contributed by atoms with Gasteiger partial charge in [-0.2, -0.15) is 5.26 Å². The summed E-state index contributed by atoms with van der Waals surface area (Å²) in [6, 6.07) is 3.85. The first-order chi connectivity index (χ1) is 12.3. The molecular weight excluding hydrogens is 330 g/mol. The summed E-state index contributed by atoms with van der Waals surface area (Å²) in [5.41, 5.74) is 2.81. The Morgan fingerprint density at radius 3 is 2.54 bits per heavy atom.